The van der Waals surface area contributed by atoms with Gasteiger partial charge in [0.2, 0.25) is 0 Å². The maximum absolute atomic E-state index is 11.6. The number of aryl methyl sites for hydroxylation is 1. The lowest BCUT2D eigenvalue weighted by molar-refractivity contribution is 0.456. The average molecular weight is 501 g/mol. The van der Waals surface area contributed by atoms with Crippen molar-refractivity contribution >= 4 is 51.4 Å². The van der Waals surface area contributed by atoms with Gasteiger partial charge < -0.3 is 14.8 Å². The SMILES string of the molecule is CN(Cc1cc(Cl)cn1C)C(=NCC1CCS(=O)(=O)C1)NC1CC1.I. The zero-order chi connectivity index (χ0) is 17.3. The molecule has 1 aromatic rings. The van der Waals surface area contributed by atoms with E-state index in [1.54, 1.807) is 0 Å². The van der Waals surface area contributed by atoms with E-state index < -0.39 is 9.84 Å². The summed E-state index contributed by atoms with van der Waals surface area (Å²) in [6.45, 7) is 1.26. The topological polar surface area (TPSA) is 66.7 Å². The molecule has 1 saturated heterocycles. The molecule has 0 aromatic carbocycles. The van der Waals surface area contributed by atoms with E-state index in [1.807, 2.05) is 30.9 Å². The average Bonchev–Trinajstić information content (AvgIpc) is 3.17. The number of halogens is 2. The zero-order valence-corrected chi connectivity index (χ0v) is 18.5. The molecule has 1 atom stereocenters. The molecular formula is C16H26ClIN4O2S. The fraction of sp³-hybridized carbons (Fsp3) is 0.688. The molecule has 3 rings (SSSR count). The van der Waals surface area contributed by atoms with Crippen molar-refractivity contribution < 1.29 is 8.42 Å². The fourth-order valence-electron chi connectivity index (χ4n) is 2.96. The molecule has 2 heterocycles. The van der Waals surface area contributed by atoms with Gasteiger partial charge in [0.05, 0.1) is 23.1 Å². The number of hydrogen-bond donors (Lipinski definition) is 1. The van der Waals surface area contributed by atoms with Crippen molar-refractivity contribution in [2.75, 3.05) is 25.1 Å². The van der Waals surface area contributed by atoms with E-state index >= 15 is 0 Å². The molecule has 1 aromatic heterocycles. The summed E-state index contributed by atoms with van der Waals surface area (Å²) >= 11 is 6.05. The highest BCUT2D eigenvalue weighted by Gasteiger charge is 2.28. The van der Waals surface area contributed by atoms with Crippen LogP contribution >= 0.6 is 35.6 Å². The van der Waals surface area contributed by atoms with Crippen LogP contribution in [0.5, 0.6) is 0 Å². The summed E-state index contributed by atoms with van der Waals surface area (Å²) in [5.74, 6) is 1.56. The van der Waals surface area contributed by atoms with Gasteiger partial charge in [-0.25, -0.2) is 8.42 Å². The molecule has 1 unspecified atom stereocenters. The van der Waals surface area contributed by atoms with Crippen molar-refractivity contribution in [1.82, 2.24) is 14.8 Å². The number of nitrogens with one attached hydrogen (secondary N) is 1. The second-order valence-corrected chi connectivity index (χ2v) is 9.63. The third-order valence-corrected chi connectivity index (χ3v) is 6.62. The van der Waals surface area contributed by atoms with Gasteiger partial charge >= 0.3 is 0 Å². The summed E-state index contributed by atoms with van der Waals surface area (Å²) < 4.78 is 25.2. The number of nitrogens with zero attached hydrogens (tertiary/aromatic N) is 3. The van der Waals surface area contributed by atoms with Gasteiger partial charge in [-0.15, -0.1) is 24.0 Å². The molecule has 2 fully saturated rings. The maximum Gasteiger partial charge on any atom is 0.194 e. The minimum atomic E-state index is -2.85. The Morgan fingerprint density at radius 3 is 2.68 bits per heavy atom. The summed E-state index contributed by atoms with van der Waals surface area (Å²) in [5.41, 5.74) is 1.11. The summed E-state index contributed by atoms with van der Waals surface area (Å²) in [5, 5.41) is 4.19. The van der Waals surface area contributed by atoms with Crippen LogP contribution in [0.2, 0.25) is 5.02 Å². The Labute approximate surface area is 171 Å². The molecule has 1 N–H and O–H groups in total. The highest BCUT2D eigenvalue weighted by Crippen LogP contribution is 2.21. The van der Waals surface area contributed by atoms with Crippen LogP contribution in [0.25, 0.3) is 0 Å². The molecule has 142 valence electrons. The normalized spacial score (nSPS) is 22.5. The van der Waals surface area contributed by atoms with Crippen LogP contribution in [0.15, 0.2) is 17.3 Å². The summed E-state index contributed by atoms with van der Waals surface area (Å²) in [4.78, 5) is 6.79. The number of rotatable bonds is 5. The van der Waals surface area contributed by atoms with Crippen LogP contribution < -0.4 is 5.32 Å². The van der Waals surface area contributed by atoms with Gasteiger partial charge in [-0.2, -0.15) is 0 Å². The van der Waals surface area contributed by atoms with E-state index in [0.717, 1.165) is 23.1 Å². The smallest absolute Gasteiger partial charge is 0.194 e. The van der Waals surface area contributed by atoms with Crippen LogP contribution in [0, 0.1) is 5.92 Å². The monoisotopic (exact) mass is 500 g/mol. The van der Waals surface area contributed by atoms with Gasteiger partial charge in [0.15, 0.2) is 15.8 Å². The van der Waals surface area contributed by atoms with Gasteiger partial charge in [-0.1, -0.05) is 11.6 Å². The van der Waals surface area contributed by atoms with Crippen molar-refractivity contribution in [3.63, 3.8) is 0 Å². The van der Waals surface area contributed by atoms with E-state index in [1.165, 1.54) is 12.8 Å². The molecule has 1 saturated carbocycles. The maximum atomic E-state index is 11.6. The van der Waals surface area contributed by atoms with Crippen molar-refractivity contribution in [3.8, 4) is 0 Å². The lowest BCUT2D eigenvalue weighted by Gasteiger charge is -2.23. The number of hydrogen-bond acceptors (Lipinski definition) is 3. The van der Waals surface area contributed by atoms with Crippen LogP contribution in [-0.4, -0.2) is 55.0 Å². The van der Waals surface area contributed by atoms with Gasteiger partial charge in [0, 0.05) is 38.6 Å². The Kier molecular flexibility index (Phi) is 7.06. The summed E-state index contributed by atoms with van der Waals surface area (Å²) in [6, 6.07) is 2.45. The molecular weight excluding hydrogens is 475 g/mol. The first-order valence-electron chi connectivity index (χ1n) is 8.36. The largest absolute Gasteiger partial charge is 0.354 e. The van der Waals surface area contributed by atoms with Gasteiger partial charge in [-0.05, 0) is 31.2 Å². The molecule has 6 nitrogen and oxygen atoms in total. The summed E-state index contributed by atoms with van der Waals surface area (Å²) in [7, 11) is 1.13. The van der Waals surface area contributed by atoms with Crippen molar-refractivity contribution in [3.05, 3.63) is 23.0 Å². The van der Waals surface area contributed by atoms with Crippen LogP contribution in [0.3, 0.4) is 0 Å². The lowest BCUT2D eigenvalue weighted by Crippen LogP contribution is -2.40. The Morgan fingerprint density at radius 2 is 2.16 bits per heavy atom. The van der Waals surface area contributed by atoms with E-state index in [-0.39, 0.29) is 35.6 Å². The molecule has 1 aliphatic heterocycles. The Morgan fingerprint density at radius 1 is 1.44 bits per heavy atom. The molecule has 0 amide bonds. The van der Waals surface area contributed by atoms with Gasteiger partial charge in [0.1, 0.15) is 0 Å². The predicted octanol–water partition coefficient (Wildman–Crippen LogP) is 2.27. The zero-order valence-electron chi connectivity index (χ0n) is 14.6. The molecule has 0 spiro atoms. The highest BCUT2D eigenvalue weighted by molar-refractivity contribution is 14.0. The standard InChI is InChI=1S/C16H25ClN4O2S.HI/c1-20-9-13(17)7-15(20)10-21(2)16(19-14-3-4-14)18-8-12-5-6-24(22,23)11-12;/h7,9,12,14H,3-6,8,10-11H2,1-2H3,(H,18,19);1H. The first-order chi connectivity index (χ1) is 11.3. The third kappa shape index (κ3) is 6.02. The second-order valence-electron chi connectivity index (χ2n) is 6.97. The fourth-order valence-corrected chi connectivity index (χ4v) is 5.08. The number of sulfone groups is 1. The molecule has 0 radical (unpaired) electrons. The lowest BCUT2D eigenvalue weighted by atomic mass is 10.1. The first-order valence-corrected chi connectivity index (χ1v) is 10.6. The van der Waals surface area contributed by atoms with E-state index in [4.69, 9.17) is 16.6 Å². The van der Waals surface area contributed by atoms with Crippen molar-refractivity contribution in [2.24, 2.45) is 18.0 Å². The first kappa shape index (κ1) is 20.8. The minimum absolute atomic E-state index is 0. The molecule has 25 heavy (non-hydrogen) atoms. The second kappa shape index (κ2) is 8.47. The number of aromatic nitrogens is 1. The van der Waals surface area contributed by atoms with Gasteiger partial charge in [-0.3, -0.25) is 4.99 Å². The van der Waals surface area contributed by atoms with E-state index in [9.17, 15) is 8.42 Å². The number of aliphatic imine (C=N–C) groups is 1. The van der Waals surface area contributed by atoms with Crippen molar-refractivity contribution in [2.45, 2.75) is 31.8 Å². The molecule has 9 heteroatoms. The quantitative estimate of drug-likeness (QED) is 0.383. The number of guanidine groups is 1. The van der Waals surface area contributed by atoms with Crippen LogP contribution in [0.4, 0.5) is 0 Å². The van der Waals surface area contributed by atoms with Crippen LogP contribution in [-0.2, 0) is 23.4 Å². The Balaban J connectivity index is 0.00000225. The van der Waals surface area contributed by atoms with Crippen molar-refractivity contribution in [1.29, 1.82) is 0 Å². The molecule has 1 aliphatic carbocycles. The molecule has 2 aliphatic rings. The van der Waals surface area contributed by atoms with E-state index in [0.29, 0.717) is 24.9 Å². The minimum Gasteiger partial charge on any atom is -0.354 e. The van der Waals surface area contributed by atoms with E-state index in [2.05, 4.69) is 10.2 Å². The van der Waals surface area contributed by atoms with Gasteiger partial charge in [0.25, 0.3) is 0 Å². The molecule has 0 bridgehead atoms. The Bertz CT molecular complexity index is 730. The predicted molar refractivity (Wildman–Crippen MR) is 113 cm³/mol. The Hall–Kier alpha value is -0.480. The highest BCUT2D eigenvalue weighted by atomic mass is 127. The summed E-state index contributed by atoms with van der Waals surface area (Å²) in [6.07, 6.45) is 4.94. The third-order valence-electron chi connectivity index (χ3n) is 4.57. The van der Waals surface area contributed by atoms with Crippen LogP contribution in [0.1, 0.15) is 25.0 Å².